The molecule has 3 rings (SSSR count). The predicted molar refractivity (Wildman–Crippen MR) is 59.0 cm³/mol. The van der Waals surface area contributed by atoms with Crippen LogP contribution in [0.3, 0.4) is 0 Å². The maximum atomic E-state index is 3.47. The highest BCUT2D eigenvalue weighted by Crippen LogP contribution is 2.38. The first-order valence-electron chi connectivity index (χ1n) is 5.71. The highest BCUT2D eigenvalue weighted by molar-refractivity contribution is 5.37. The van der Waals surface area contributed by atoms with Gasteiger partial charge in [0, 0.05) is 6.54 Å². The van der Waals surface area contributed by atoms with Gasteiger partial charge in [-0.15, -0.1) is 0 Å². The van der Waals surface area contributed by atoms with E-state index in [-0.39, 0.29) is 0 Å². The first kappa shape index (κ1) is 8.49. The van der Waals surface area contributed by atoms with Crippen LogP contribution in [0.4, 0.5) is 0 Å². The second kappa shape index (κ2) is 3.39. The van der Waals surface area contributed by atoms with Crippen LogP contribution in [0, 0.1) is 11.8 Å². The molecule has 1 heteroatoms. The number of hydrogen-bond donors (Lipinski definition) is 1. The van der Waals surface area contributed by atoms with Gasteiger partial charge in [-0.05, 0) is 43.2 Å². The fraction of sp³-hybridized carbons (Fsp3) is 0.538. The van der Waals surface area contributed by atoms with Crippen molar-refractivity contribution in [2.75, 3.05) is 13.1 Å². The zero-order chi connectivity index (χ0) is 9.38. The Bertz CT molecular complexity index is 322. The lowest BCUT2D eigenvalue weighted by Crippen LogP contribution is -2.34. The number of hydrogen-bond acceptors (Lipinski definition) is 1. The summed E-state index contributed by atoms with van der Waals surface area (Å²) in [4.78, 5) is 0. The van der Waals surface area contributed by atoms with E-state index in [1.54, 1.807) is 11.1 Å². The van der Waals surface area contributed by atoms with Crippen molar-refractivity contribution in [3.05, 3.63) is 35.5 Å². The number of nitrogens with one attached hydrogen (secondary N) is 1. The molecule has 74 valence electrons. The fourth-order valence-corrected chi connectivity index (χ4v) is 2.93. The van der Waals surface area contributed by atoms with Crippen LogP contribution in [-0.4, -0.2) is 13.1 Å². The average Bonchev–Trinajstić information content (AvgIpc) is 2.26. The number of piperidine rings is 1. The monoisotopic (exact) mass is 187 g/mol. The van der Waals surface area contributed by atoms with Gasteiger partial charge in [-0.2, -0.15) is 0 Å². The van der Waals surface area contributed by atoms with Gasteiger partial charge in [0.1, 0.15) is 0 Å². The van der Waals surface area contributed by atoms with Crippen LogP contribution in [0.5, 0.6) is 0 Å². The van der Waals surface area contributed by atoms with E-state index in [1.807, 2.05) is 0 Å². The fourth-order valence-electron chi connectivity index (χ4n) is 2.93. The predicted octanol–water partition coefficient (Wildman–Crippen LogP) is 2.43. The molecule has 0 saturated carbocycles. The molecule has 1 aliphatic heterocycles. The first-order chi connectivity index (χ1) is 6.93. The normalized spacial score (nSPS) is 35.4. The standard InChI is InChI=1S/C13H17N/c1-2-4-11-8-13-9-14-6-5-12(13)7-10(11)3-1/h1-2,4,8,10,12,14H,3,5-7,9H2/t10-,12?/m1/s1. The number of allylic oxidation sites excluding steroid dienone is 5. The second-order valence-corrected chi connectivity index (χ2v) is 4.64. The molecule has 0 amide bonds. The van der Waals surface area contributed by atoms with E-state index in [9.17, 15) is 0 Å². The molecule has 14 heavy (non-hydrogen) atoms. The summed E-state index contributed by atoms with van der Waals surface area (Å²) < 4.78 is 0. The first-order valence-corrected chi connectivity index (χ1v) is 5.71. The molecule has 2 atom stereocenters. The molecule has 1 nitrogen and oxygen atoms in total. The molecule has 1 saturated heterocycles. The zero-order valence-corrected chi connectivity index (χ0v) is 8.50. The molecular formula is C13H17N. The van der Waals surface area contributed by atoms with E-state index < -0.39 is 0 Å². The summed E-state index contributed by atoms with van der Waals surface area (Å²) in [6.45, 7) is 2.34. The third-order valence-corrected chi connectivity index (χ3v) is 3.76. The van der Waals surface area contributed by atoms with Crippen LogP contribution in [0.1, 0.15) is 19.3 Å². The van der Waals surface area contributed by atoms with E-state index >= 15 is 0 Å². The molecule has 1 N–H and O–H groups in total. The van der Waals surface area contributed by atoms with Crippen molar-refractivity contribution in [1.29, 1.82) is 0 Å². The van der Waals surface area contributed by atoms with Crippen LogP contribution in [0.25, 0.3) is 0 Å². The minimum Gasteiger partial charge on any atom is -0.313 e. The summed E-state index contributed by atoms with van der Waals surface area (Å²) in [5.41, 5.74) is 3.22. The van der Waals surface area contributed by atoms with Gasteiger partial charge >= 0.3 is 0 Å². The van der Waals surface area contributed by atoms with E-state index in [1.165, 1.54) is 25.8 Å². The number of rotatable bonds is 0. The second-order valence-electron chi connectivity index (χ2n) is 4.64. The van der Waals surface area contributed by atoms with Gasteiger partial charge in [0.2, 0.25) is 0 Å². The van der Waals surface area contributed by atoms with Crippen molar-refractivity contribution in [3.63, 3.8) is 0 Å². The maximum absolute atomic E-state index is 3.47. The Kier molecular flexibility index (Phi) is 2.06. The Balaban J connectivity index is 1.92. The highest BCUT2D eigenvalue weighted by atomic mass is 14.9. The van der Waals surface area contributed by atoms with Crippen LogP contribution in [-0.2, 0) is 0 Å². The molecule has 0 aromatic rings. The lowest BCUT2D eigenvalue weighted by Gasteiger charge is -2.35. The summed E-state index contributed by atoms with van der Waals surface area (Å²) in [5, 5.41) is 3.47. The summed E-state index contributed by atoms with van der Waals surface area (Å²) in [6.07, 6.45) is 13.3. The smallest absolute Gasteiger partial charge is 0.0170 e. The summed E-state index contributed by atoms with van der Waals surface area (Å²) in [5.74, 6) is 1.71. The van der Waals surface area contributed by atoms with Gasteiger partial charge in [-0.3, -0.25) is 0 Å². The molecule has 3 aliphatic rings. The van der Waals surface area contributed by atoms with Crippen molar-refractivity contribution < 1.29 is 0 Å². The van der Waals surface area contributed by atoms with E-state index in [0.29, 0.717) is 0 Å². The van der Waals surface area contributed by atoms with Gasteiger partial charge in [0.25, 0.3) is 0 Å². The third-order valence-electron chi connectivity index (χ3n) is 3.76. The summed E-state index contributed by atoms with van der Waals surface area (Å²) in [6, 6.07) is 0. The SMILES string of the molecule is C1=CC[C@@H]2CC3CCNCC3=CC2=C1. The zero-order valence-electron chi connectivity index (χ0n) is 8.50. The Morgan fingerprint density at radius 2 is 2.29 bits per heavy atom. The van der Waals surface area contributed by atoms with Crippen molar-refractivity contribution in [2.24, 2.45) is 11.8 Å². The quantitative estimate of drug-likeness (QED) is 0.614. The topological polar surface area (TPSA) is 12.0 Å². The van der Waals surface area contributed by atoms with Crippen LogP contribution < -0.4 is 5.32 Å². The van der Waals surface area contributed by atoms with Crippen LogP contribution in [0.2, 0.25) is 0 Å². The molecular weight excluding hydrogens is 170 g/mol. The third kappa shape index (κ3) is 1.36. The molecule has 1 heterocycles. The largest absolute Gasteiger partial charge is 0.313 e. The Morgan fingerprint density at radius 3 is 3.29 bits per heavy atom. The van der Waals surface area contributed by atoms with Crippen molar-refractivity contribution in [2.45, 2.75) is 19.3 Å². The van der Waals surface area contributed by atoms with Crippen molar-refractivity contribution in [3.8, 4) is 0 Å². The van der Waals surface area contributed by atoms with E-state index in [0.717, 1.165) is 18.4 Å². The minimum absolute atomic E-state index is 0.826. The lowest BCUT2D eigenvalue weighted by molar-refractivity contribution is 0.372. The summed E-state index contributed by atoms with van der Waals surface area (Å²) >= 11 is 0. The Labute approximate surface area is 85.6 Å². The highest BCUT2D eigenvalue weighted by Gasteiger charge is 2.28. The molecule has 1 unspecified atom stereocenters. The van der Waals surface area contributed by atoms with Crippen molar-refractivity contribution in [1.82, 2.24) is 5.32 Å². The summed E-state index contributed by atoms with van der Waals surface area (Å²) in [7, 11) is 0. The molecule has 2 aliphatic carbocycles. The molecule has 1 fully saturated rings. The van der Waals surface area contributed by atoms with Crippen molar-refractivity contribution >= 4 is 0 Å². The minimum atomic E-state index is 0.826. The molecule has 0 radical (unpaired) electrons. The van der Waals surface area contributed by atoms with E-state index in [4.69, 9.17) is 0 Å². The number of fused-ring (bicyclic) bond motifs is 2. The Hall–Kier alpha value is -0.820. The van der Waals surface area contributed by atoms with Gasteiger partial charge in [0.05, 0.1) is 0 Å². The Morgan fingerprint density at radius 1 is 1.29 bits per heavy atom. The van der Waals surface area contributed by atoms with Gasteiger partial charge in [-0.1, -0.05) is 29.9 Å². The molecule has 0 bridgehead atoms. The van der Waals surface area contributed by atoms with E-state index in [2.05, 4.69) is 29.6 Å². The molecule has 0 aromatic carbocycles. The van der Waals surface area contributed by atoms with Gasteiger partial charge in [-0.25, -0.2) is 0 Å². The van der Waals surface area contributed by atoms with Gasteiger partial charge in [0.15, 0.2) is 0 Å². The van der Waals surface area contributed by atoms with Crippen LogP contribution >= 0.6 is 0 Å². The van der Waals surface area contributed by atoms with Gasteiger partial charge < -0.3 is 5.32 Å². The average molecular weight is 187 g/mol. The maximum Gasteiger partial charge on any atom is 0.0170 e. The molecule has 0 spiro atoms. The van der Waals surface area contributed by atoms with Crippen LogP contribution in [0.15, 0.2) is 35.5 Å². The lowest BCUT2D eigenvalue weighted by atomic mass is 9.73. The molecule has 0 aromatic heterocycles.